The number of methoxy groups -OCH3 is 1. The number of rotatable bonds is 5. The largest absolute Gasteiger partial charge is 0.481 e. The summed E-state index contributed by atoms with van der Waals surface area (Å²) >= 11 is 0. The summed E-state index contributed by atoms with van der Waals surface area (Å²) in [7, 11) is 1.52. The molecule has 0 atom stereocenters. The van der Waals surface area contributed by atoms with Crippen molar-refractivity contribution < 1.29 is 23.5 Å². The molecule has 0 spiro atoms. The molecule has 1 aliphatic heterocycles. The van der Waals surface area contributed by atoms with Crippen LogP contribution in [-0.2, 0) is 11.3 Å². The van der Waals surface area contributed by atoms with Gasteiger partial charge in [-0.05, 0) is 47.5 Å². The molecule has 0 saturated heterocycles. The Morgan fingerprint density at radius 1 is 1.16 bits per heavy atom. The first-order valence-electron chi connectivity index (χ1n) is 9.69. The van der Waals surface area contributed by atoms with Crippen LogP contribution in [0.1, 0.15) is 31.8 Å². The normalized spacial score (nSPS) is 14.0. The maximum Gasteiger partial charge on any atom is 0.259 e. The first-order valence-corrected chi connectivity index (χ1v) is 9.69. The van der Waals surface area contributed by atoms with Crippen molar-refractivity contribution in [2.24, 2.45) is 0 Å². The minimum atomic E-state index is -0.587. The van der Waals surface area contributed by atoms with Gasteiger partial charge in [0.25, 0.3) is 11.8 Å². The van der Waals surface area contributed by atoms with Crippen molar-refractivity contribution in [3.8, 4) is 5.88 Å². The molecule has 32 heavy (non-hydrogen) atoms. The monoisotopic (exact) mass is 431 g/mol. The molecule has 1 aliphatic rings. The molecule has 0 aliphatic carbocycles. The molecule has 2 heterocycles. The summed E-state index contributed by atoms with van der Waals surface area (Å²) in [6, 6.07) is 13.5. The average molecular weight is 431 g/mol. The average Bonchev–Trinajstić information content (AvgIpc) is 2.80. The number of pyridine rings is 1. The fraction of sp³-hybridized carbons (Fsp3) is 0.0833. The van der Waals surface area contributed by atoms with E-state index >= 15 is 0 Å². The van der Waals surface area contributed by atoms with Gasteiger partial charge in [0.1, 0.15) is 5.82 Å². The molecule has 0 fully saturated rings. The van der Waals surface area contributed by atoms with Gasteiger partial charge >= 0.3 is 0 Å². The van der Waals surface area contributed by atoms with Crippen molar-refractivity contribution in [1.29, 1.82) is 0 Å². The van der Waals surface area contributed by atoms with Crippen LogP contribution in [0, 0.1) is 5.82 Å². The van der Waals surface area contributed by atoms with Crippen LogP contribution in [-0.4, -0.2) is 29.7 Å². The smallest absolute Gasteiger partial charge is 0.259 e. The van der Waals surface area contributed by atoms with Gasteiger partial charge in [-0.1, -0.05) is 18.2 Å². The third kappa shape index (κ3) is 4.39. The molecule has 4 rings (SSSR count). The zero-order chi connectivity index (χ0) is 22.7. The summed E-state index contributed by atoms with van der Waals surface area (Å²) in [4.78, 5) is 42.0. The van der Waals surface area contributed by atoms with Gasteiger partial charge in [0.05, 0.1) is 18.4 Å². The number of benzene rings is 2. The highest BCUT2D eigenvalue weighted by Crippen LogP contribution is 2.27. The first kappa shape index (κ1) is 20.9. The second kappa shape index (κ2) is 8.81. The Morgan fingerprint density at radius 2 is 2.00 bits per heavy atom. The lowest BCUT2D eigenvalue weighted by atomic mass is 9.93. The highest BCUT2D eigenvalue weighted by molar-refractivity contribution is 6.36. The second-order valence-corrected chi connectivity index (χ2v) is 7.05. The molecule has 1 aromatic heterocycles. The minimum absolute atomic E-state index is 0.134. The SMILES string of the molecule is COc1ccc(CNC(=O)c2ccc3c(c2)C(=O)C(=Cc2cccc(F)c2)C(=O)N3)cn1. The lowest BCUT2D eigenvalue weighted by Crippen LogP contribution is -2.28. The fourth-order valence-corrected chi connectivity index (χ4v) is 3.23. The maximum atomic E-state index is 13.5. The molecule has 8 heteroatoms. The summed E-state index contributed by atoms with van der Waals surface area (Å²) in [5.41, 5.74) is 1.79. The van der Waals surface area contributed by atoms with Crippen molar-refractivity contribution in [2.75, 3.05) is 12.4 Å². The van der Waals surface area contributed by atoms with Crippen LogP contribution in [0.4, 0.5) is 10.1 Å². The quantitative estimate of drug-likeness (QED) is 0.477. The molecule has 2 amide bonds. The number of hydrogen-bond donors (Lipinski definition) is 2. The fourth-order valence-electron chi connectivity index (χ4n) is 3.23. The Balaban J connectivity index is 1.54. The van der Waals surface area contributed by atoms with Gasteiger partial charge in [0.2, 0.25) is 11.7 Å². The highest BCUT2D eigenvalue weighted by Gasteiger charge is 2.29. The predicted octanol–water partition coefficient (Wildman–Crippen LogP) is 3.38. The van der Waals surface area contributed by atoms with Gasteiger partial charge in [-0.3, -0.25) is 14.4 Å². The Bertz CT molecular complexity index is 1250. The molecule has 3 aromatic rings. The number of fused-ring (bicyclic) bond motifs is 1. The number of Topliss-reactive ketones (excluding diaryl/α,β-unsaturated/α-hetero) is 1. The van der Waals surface area contributed by atoms with Gasteiger partial charge < -0.3 is 15.4 Å². The van der Waals surface area contributed by atoms with Gasteiger partial charge in [0.15, 0.2) is 0 Å². The number of carbonyl (C=O) groups is 3. The Kier molecular flexibility index (Phi) is 5.76. The van der Waals surface area contributed by atoms with E-state index in [9.17, 15) is 18.8 Å². The third-order valence-corrected chi connectivity index (χ3v) is 4.88. The van der Waals surface area contributed by atoms with Crippen LogP contribution in [0.2, 0.25) is 0 Å². The Hall–Kier alpha value is -4.33. The number of amides is 2. The molecule has 160 valence electrons. The minimum Gasteiger partial charge on any atom is -0.481 e. The number of halogens is 1. The maximum absolute atomic E-state index is 13.5. The number of nitrogens with one attached hydrogen (secondary N) is 2. The molecule has 0 bridgehead atoms. The first-order chi connectivity index (χ1) is 15.4. The molecule has 2 N–H and O–H groups in total. The van der Waals surface area contributed by atoms with Crippen LogP contribution in [0.3, 0.4) is 0 Å². The zero-order valence-corrected chi connectivity index (χ0v) is 17.0. The summed E-state index contributed by atoms with van der Waals surface area (Å²) in [6.45, 7) is 0.238. The molecule has 0 saturated carbocycles. The molecular weight excluding hydrogens is 413 g/mol. The molecule has 0 unspecified atom stereocenters. The summed E-state index contributed by atoms with van der Waals surface area (Å²) in [5.74, 6) is -1.52. The topological polar surface area (TPSA) is 97.4 Å². The molecule has 2 aromatic carbocycles. The summed E-state index contributed by atoms with van der Waals surface area (Å²) < 4.78 is 18.5. The van der Waals surface area contributed by atoms with E-state index in [1.165, 1.54) is 49.6 Å². The zero-order valence-electron chi connectivity index (χ0n) is 17.0. The van der Waals surface area contributed by atoms with E-state index in [2.05, 4.69) is 15.6 Å². The standard InChI is InChI=1S/C24H18FN3O4/c1-32-21-8-5-15(12-26-21)13-27-23(30)16-6-7-20-18(11-16)22(29)19(24(31)28-20)10-14-3-2-4-17(25)9-14/h2-12H,13H2,1H3,(H,27,30)(H,28,31). The van der Waals surface area contributed by atoms with E-state index in [-0.39, 0.29) is 29.2 Å². The lowest BCUT2D eigenvalue weighted by molar-refractivity contribution is -0.112. The second-order valence-electron chi connectivity index (χ2n) is 7.05. The van der Waals surface area contributed by atoms with E-state index in [1.54, 1.807) is 24.4 Å². The van der Waals surface area contributed by atoms with Crippen molar-refractivity contribution in [2.45, 2.75) is 6.54 Å². The number of ether oxygens (including phenoxy) is 1. The number of carbonyl (C=O) groups excluding carboxylic acids is 3. The van der Waals surface area contributed by atoms with Gasteiger partial charge in [-0.2, -0.15) is 0 Å². The van der Waals surface area contributed by atoms with Crippen LogP contribution < -0.4 is 15.4 Å². The Labute approximate surface area is 182 Å². The number of anilines is 1. The molecule has 0 radical (unpaired) electrons. The van der Waals surface area contributed by atoms with Crippen LogP contribution in [0.5, 0.6) is 5.88 Å². The van der Waals surface area contributed by atoms with Crippen molar-refractivity contribution >= 4 is 29.4 Å². The number of hydrogen-bond acceptors (Lipinski definition) is 5. The van der Waals surface area contributed by atoms with E-state index < -0.39 is 17.5 Å². The Morgan fingerprint density at radius 3 is 2.72 bits per heavy atom. The highest BCUT2D eigenvalue weighted by atomic mass is 19.1. The predicted molar refractivity (Wildman–Crippen MR) is 116 cm³/mol. The van der Waals surface area contributed by atoms with E-state index in [1.807, 2.05) is 0 Å². The third-order valence-electron chi connectivity index (χ3n) is 4.88. The number of aromatic nitrogens is 1. The van der Waals surface area contributed by atoms with Gasteiger partial charge in [-0.25, -0.2) is 9.37 Å². The van der Waals surface area contributed by atoms with Crippen LogP contribution >= 0.6 is 0 Å². The van der Waals surface area contributed by atoms with Gasteiger partial charge in [-0.15, -0.1) is 0 Å². The number of ketones is 1. The van der Waals surface area contributed by atoms with Crippen LogP contribution in [0.15, 0.2) is 66.4 Å². The lowest BCUT2D eigenvalue weighted by Gasteiger charge is -2.19. The van der Waals surface area contributed by atoms with Gasteiger partial charge in [0, 0.05) is 29.9 Å². The van der Waals surface area contributed by atoms with Crippen LogP contribution in [0.25, 0.3) is 6.08 Å². The van der Waals surface area contributed by atoms with E-state index in [4.69, 9.17) is 4.74 Å². The molecule has 7 nitrogen and oxygen atoms in total. The van der Waals surface area contributed by atoms with E-state index in [0.717, 1.165) is 5.56 Å². The van der Waals surface area contributed by atoms with Crippen molar-refractivity contribution in [3.63, 3.8) is 0 Å². The molecular formula is C24H18FN3O4. The number of nitrogens with zero attached hydrogens (tertiary/aromatic N) is 1. The summed E-state index contributed by atoms with van der Waals surface area (Å²) in [5, 5.41) is 5.40. The van der Waals surface area contributed by atoms with Crippen molar-refractivity contribution in [3.05, 3.63) is 94.4 Å². The van der Waals surface area contributed by atoms with E-state index in [0.29, 0.717) is 17.1 Å². The van der Waals surface area contributed by atoms with Crippen molar-refractivity contribution in [1.82, 2.24) is 10.3 Å². The summed E-state index contributed by atoms with van der Waals surface area (Å²) in [6.07, 6.45) is 2.92.